The van der Waals surface area contributed by atoms with E-state index in [-0.39, 0.29) is 5.91 Å². The first-order chi connectivity index (χ1) is 10.6. The molecule has 0 bridgehead atoms. The molecule has 1 aromatic heterocycles. The predicted molar refractivity (Wildman–Crippen MR) is 75.8 cm³/mol. The van der Waals surface area contributed by atoms with Crippen LogP contribution >= 0.6 is 0 Å². The van der Waals surface area contributed by atoms with Gasteiger partial charge in [0.1, 0.15) is 6.33 Å². The van der Waals surface area contributed by atoms with Gasteiger partial charge in [0.2, 0.25) is 5.91 Å². The normalized spacial score (nSPS) is 26.5. The van der Waals surface area contributed by atoms with Gasteiger partial charge in [0.05, 0.1) is 31.9 Å². The van der Waals surface area contributed by atoms with Crippen LogP contribution in [-0.4, -0.2) is 92.6 Å². The van der Waals surface area contributed by atoms with Crippen LogP contribution in [0.15, 0.2) is 6.33 Å². The Morgan fingerprint density at radius 3 is 2.86 bits per heavy atom. The monoisotopic (exact) mass is 310 g/mol. The molecule has 22 heavy (non-hydrogen) atoms. The number of aryl methyl sites for hydroxylation is 1. The number of hydrogen-bond acceptors (Lipinski definition) is 7. The van der Waals surface area contributed by atoms with E-state index < -0.39 is 5.60 Å². The van der Waals surface area contributed by atoms with Gasteiger partial charge in [-0.2, -0.15) is 0 Å². The van der Waals surface area contributed by atoms with Gasteiger partial charge in [0, 0.05) is 32.6 Å². The first-order valence-electron chi connectivity index (χ1n) is 7.66. The number of rotatable bonds is 5. The second-order valence-electron chi connectivity index (χ2n) is 6.00. The molecule has 9 nitrogen and oxygen atoms in total. The SMILES string of the molecule is O=C(CCn1cnnn1)N1CC[C@@](O)(CN2CCOCC2)C1. The maximum absolute atomic E-state index is 12.2. The summed E-state index contributed by atoms with van der Waals surface area (Å²) in [7, 11) is 0. The van der Waals surface area contributed by atoms with Crippen molar-refractivity contribution < 1.29 is 14.6 Å². The average Bonchev–Trinajstić information content (AvgIpc) is 3.16. The molecule has 3 rings (SSSR count). The van der Waals surface area contributed by atoms with Gasteiger partial charge in [-0.15, -0.1) is 5.10 Å². The molecule has 0 saturated carbocycles. The molecule has 2 fully saturated rings. The molecule has 0 aliphatic carbocycles. The van der Waals surface area contributed by atoms with Crippen molar-refractivity contribution in [1.29, 1.82) is 0 Å². The van der Waals surface area contributed by atoms with E-state index in [1.165, 1.54) is 11.0 Å². The number of aliphatic hydroxyl groups is 1. The Hall–Kier alpha value is -1.58. The van der Waals surface area contributed by atoms with Crippen LogP contribution < -0.4 is 0 Å². The molecular formula is C13H22N6O3. The second-order valence-corrected chi connectivity index (χ2v) is 6.00. The van der Waals surface area contributed by atoms with Crippen molar-refractivity contribution in [2.24, 2.45) is 0 Å². The van der Waals surface area contributed by atoms with Gasteiger partial charge >= 0.3 is 0 Å². The number of morpholine rings is 1. The summed E-state index contributed by atoms with van der Waals surface area (Å²) in [5.41, 5.74) is -0.804. The Balaban J connectivity index is 1.46. The van der Waals surface area contributed by atoms with Crippen molar-refractivity contribution in [2.45, 2.75) is 25.0 Å². The van der Waals surface area contributed by atoms with E-state index in [2.05, 4.69) is 20.4 Å². The standard InChI is InChI=1S/C13H22N6O3/c20-12(1-3-19-11-14-15-16-19)18-4-2-13(21,10-18)9-17-5-7-22-8-6-17/h11,21H,1-10H2/t13-/m1/s1. The predicted octanol–water partition coefficient (Wildman–Crippen LogP) is -1.64. The molecular weight excluding hydrogens is 288 g/mol. The molecule has 122 valence electrons. The molecule has 9 heteroatoms. The van der Waals surface area contributed by atoms with E-state index in [1.54, 1.807) is 4.90 Å². The fraction of sp³-hybridized carbons (Fsp3) is 0.846. The Bertz CT molecular complexity index is 490. The number of aromatic nitrogens is 4. The average molecular weight is 310 g/mol. The van der Waals surface area contributed by atoms with E-state index in [0.717, 1.165) is 13.1 Å². The minimum atomic E-state index is -0.804. The van der Waals surface area contributed by atoms with Crippen LogP contribution in [0.4, 0.5) is 0 Å². The van der Waals surface area contributed by atoms with Crippen LogP contribution in [0.5, 0.6) is 0 Å². The Morgan fingerprint density at radius 1 is 1.32 bits per heavy atom. The maximum Gasteiger partial charge on any atom is 0.224 e. The van der Waals surface area contributed by atoms with Crippen molar-refractivity contribution in [1.82, 2.24) is 30.0 Å². The second kappa shape index (κ2) is 6.67. The zero-order valence-electron chi connectivity index (χ0n) is 12.6. The van der Waals surface area contributed by atoms with E-state index in [1.807, 2.05) is 0 Å². The number of likely N-dealkylation sites (tertiary alicyclic amines) is 1. The van der Waals surface area contributed by atoms with E-state index in [0.29, 0.717) is 52.2 Å². The summed E-state index contributed by atoms with van der Waals surface area (Å²) in [6.45, 7) is 5.19. The van der Waals surface area contributed by atoms with Gasteiger partial charge in [-0.1, -0.05) is 0 Å². The molecule has 0 aromatic carbocycles. The van der Waals surface area contributed by atoms with E-state index >= 15 is 0 Å². The number of nitrogens with zero attached hydrogens (tertiary/aromatic N) is 6. The lowest BCUT2D eigenvalue weighted by molar-refractivity contribution is -0.131. The van der Waals surface area contributed by atoms with Crippen LogP contribution in [0.3, 0.4) is 0 Å². The molecule has 2 aliphatic heterocycles. The number of ether oxygens (including phenoxy) is 1. The number of β-amino-alcohol motifs (C(OH)–C–C–N with tert-alkyl or cyclic N) is 1. The summed E-state index contributed by atoms with van der Waals surface area (Å²) < 4.78 is 6.85. The maximum atomic E-state index is 12.2. The molecule has 1 atom stereocenters. The number of amides is 1. The van der Waals surface area contributed by atoms with Crippen LogP contribution in [-0.2, 0) is 16.1 Å². The molecule has 0 radical (unpaired) electrons. The lowest BCUT2D eigenvalue weighted by Gasteiger charge is -2.33. The number of hydrogen-bond donors (Lipinski definition) is 1. The molecule has 2 aliphatic rings. The third-order valence-electron chi connectivity index (χ3n) is 4.25. The number of tetrazole rings is 1. The molecule has 1 aromatic rings. The summed E-state index contributed by atoms with van der Waals surface area (Å²) >= 11 is 0. The van der Waals surface area contributed by atoms with Crippen molar-refractivity contribution in [2.75, 3.05) is 45.9 Å². The molecule has 0 unspecified atom stereocenters. The fourth-order valence-corrected chi connectivity index (χ4v) is 3.02. The van der Waals surface area contributed by atoms with Gasteiger partial charge in [-0.25, -0.2) is 4.68 Å². The van der Waals surface area contributed by atoms with Crippen LogP contribution in [0.1, 0.15) is 12.8 Å². The zero-order chi connectivity index (χ0) is 15.4. The van der Waals surface area contributed by atoms with E-state index in [9.17, 15) is 9.90 Å². The highest BCUT2D eigenvalue weighted by Gasteiger charge is 2.39. The third-order valence-corrected chi connectivity index (χ3v) is 4.25. The van der Waals surface area contributed by atoms with Gasteiger partial charge in [-0.05, 0) is 16.8 Å². The lowest BCUT2D eigenvalue weighted by atomic mass is 10.0. The van der Waals surface area contributed by atoms with Gasteiger partial charge in [0.15, 0.2) is 0 Å². The molecule has 1 amide bonds. The Morgan fingerprint density at radius 2 is 2.14 bits per heavy atom. The Labute approximate surface area is 128 Å². The van der Waals surface area contributed by atoms with Crippen LogP contribution in [0.2, 0.25) is 0 Å². The first-order valence-corrected chi connectivity index (χ1v) is 7.66. The summed E-state index contributed by atoms with van der Waals surface area (Å²) in [6, 6.07) is 0. The molecule has 3 heterocycles. The van der Waals surface area contributed by atoms with Crippen molar-refractivity contribution >= 4 is 5.91 Å². The largest absolute Gasteiger partial charge is 0.387 e. The highest BCUT2D eigenvalue weighted by Crippen LogP contribution is 2.23. The smallest absolute Gasteiger partial charge is 0.224 e. The zero-order valence-corrected chi connectivity index (χ0v) is 12.6. The fourth-order valence-electron chi connectivity index (χ4n) is 3.02. The lowest BCUT2D eigenvalue weighted by Crippen LogP contribution is -2.49. The number of carbonyl (C=O) groups is 1. The Kier molecular flexibility index (Phi) is 4.65. The third kappa shape index (κ3) is 3.79. The summed E-state index contributed by atoms with van der Waals surface area (Å²) in [4.78, 5) is 16.2. The highest BCUT2D eigenvalue weighted by atomic mass is 16.5. The van der Waals surface area contributed by atoms with Crippen molar-refractivity contribution in [3.63, 3.8) is 0 Å². The van der Waals surface area contributed by atoms with Gasteiger partial charge in [-0.3, -0.25) is 9.69 Å². The number of carbonyl (C=O) groups excluding carboxylic acids is 1. The summed E-state index contributed by atoms with van der Waals surface area (Å²) in [6.07, 6.45) is 2.46. The quantitative estimate of drug-likeness (QED) is 0.696. The van der Waals surface area contributed by atoms with Crippen LogP contribution in [0.25, 0.3) is 0 Å². The molecule has 2 saturated heterocycles. The van der Waals surface area contributed by atoms with Crippen molar-refractivity contribution in [3.8, 4) is 0 Å². The minimum Gasteiger partial charge on any atom is -0.387 e. The summed E-state index contributed by atoms with van der Waals surface area (Å²) in [5, 5.41) is 21.5. The topological polar surface area (TPSA) is 96.6 Å². The van der Waals surface area contributed by atoms with Gasteiger partial charge < -0.3 is 14.7 Å². The van der Waals surface area contributed by atoms with Gasteiger partial charge in [0.25, 0.3) is 0 Å². The molecule has 1 N–H and O–H groups in total. The first kappa shape index (κ1) is 15.3. The molecule has 0 spiro atoms. The summed E-state index contributed by atoms with van der Waals surface area (Å²) in [5.74, 6) is 0.0356. The van der Waals surface area contributed by atoms with Crippen LogP contribution in [0, 0.1) is 0 Å². The highest BCUT2D eigenvalue weighted by molar-refractivity contribution is 5.76. The van der Waals surface area contributed by atoms with E-state index in [4.69, 9.17) is 4.74 Å². The van der Waals surface area contributed by atoms with Crippen molar-refractivity contribution in [3.05, 3.63) is 6.33 Å². The minimum absolute atomic E-state index is 0.0356.